The number of halogens is 1. The van der Waals surface area contributed by atoms with Crippen LogP contribution in [0.3, 0.4) is 0 Å². The van der Waals surface area contributed by atoms with Crippen molar-refractivity contribution >= 4 is 28.8 Å². The zero-order valence-electron chi connectivity index (χ0n) is 17.5. The Morgan fingerprint density at radius 1 is 1.00 bits per heavy atom. The number of carbonyl (C=O) groups is 1. The molecule has 2 aromatic heterocycles. The first-order chi connectivity index (χ1) is 14.4. The minimum absolute atomic E-state index is 0.111. The molecule has 2 heterocycles. The van der Waals surface area contributed by atoms with Gasteiger partial charge < -0.3 is 5.32 Å². The summed E-state index contributed by atoms with van der Waals surface area (Å²) in [6.45, 7) is 7.80. The average Bonchev–Trinajstić information content (AvgIpc) is 3.05. The average molecular weight is 419 g/mol. The Kier molecular flexibility index (Phi) is 5.31. The normalized spacial score (nSPS) is 11.1. The van der Waals surface area contributed by atoms with Crippen LogP contribution in [0, 0.1) is 27.7 Å². The zero-order valence-corrected chi connectivity index (χ0v) is 18.2. The highest BCUT2D eigenvalue weighted by molar-refractivity contribution is 6.31. The molecule has 1 N–H and O–H groups in total. The highest BCUT2D eigenvalue weighted by atomic mass is 35.5. The minimum atomic E-state index is -0.111. The number of amides is 1. The van der Waals surface area contributed by atoms with Crippen LogP contribution in [0.25, 0.3) is 16.8 Å². The van der Waals surface area contributed by atoms with Crippen LogP contribution in [-0.2, 0) is 11.2 Å². The fourth-order valence-electron chi connectivity index (χ4n) is 3.76. The molecule has 5 nitrogen and oxygen atoms in total. The maximum absolute atomic E-state index is 12.8. The second kappa shape index (κ2) is 7.92. The van der Waals surface area contributed by atoms with Gasteiger partial charge in [0.25, 0.3) is 0 Å². The van der Waals surface area contributed by atoms with E-state index in [1.807, 2.05) is 68.6 Å². The molecule has 0 spiro atoms. The summed E-state index contributed by atoms with van der Waals surface area (Å²) in [7, 11) is 0. The first kappa shape index (κ1) is 20.1. The highest BCUT2D eigenvalue weighted by Crippen LogP contribution is 2.29. The van der Waals surface area contributed by atoms with E-state index in [9.17, 15) is 4.79 Å². The first-order valence-corrected chi connectivity index (χ1v) is 10.2. The number of nitrogens with zero attached hydrogens (tertiary/aromatic N) is 3. The van der Waals surface area contributed by atoms with Gasteiger partial charge in [0.1, 0.15) is 0 Å². The van der Waals surface area contributed by atoms with E-state index in [-0.39, 0.29) is 12.3 Å². The minimum Gasteiger partial charge on any atom is -0.326 e. The molecular formula is C24H23ClN4O. The number of benzene rings is 2. The molecule has 0 aliphatic rings. The van der Waals surface area contributed by atoms with Gasteiger partial charge in [-0.2, -0.15) is 5.10 Å². The number of fused-ring (bicyclic) bond motifs is 1. The molecular weight excluding hydrogens is 396 g/mol. The Morgan fingerprint density at radius 2 is 1.73 bits per heavy atom. The molecule has 1 amide bonds. The van der Waals surface area contributed by atoms with Gasteiger partial charge in [-0.25, -0.2) is 9.50 Å². The molecule has 0 atom stereocenters. The predicted molar refractivity (Wildman–Crippen MR) is 121 cm³/mol. The number of aryl methyl sites for hydroxylation is 3. The van der Waals surface area contributed by atoms with Crippen LogP contribution < -0.4 is 5.32 Å². The molecule has 0 unspecified atom stereocenters. The third kappa shape index (κ3) is 3.57. The lowest BCUT2D eigenvalue weighted by Gasteiger charge is -2.13. The highest BCUT2D eigenvalue weighted by Gasteiger charge is 2.19. The largest absolute Gasteiger partial charge is 0.326 e. The molecule has 0 saturated heterocycles. The number of hydrogen-bond donors (Lipinski definition) is 1. The van der Waals surface area contributed by atoms with Gasteiger partial charge >= 0.3 is 0 Å². The van der Waals surface area contributed by atoms with Gasteiger partial charge in [-0.3, -0.25) is 4.79 Å². The molecule has 30 heavy (non-hydrogen) atoms. The Labute approximate surface area is 180 Å². The molecule has 6 heteroatoms. The van der Waals surface area contributed by atoms with Crippen molar-refractivity contribution in [2.24, 2.45) is 0 Å². The summed E-state index contributed by atoms with van der Waals surface area (Å²) in [5.74, 6) is -0.111. The number of carbonyl (C=O) groups excluding carboxylic acids is 1. The van der Waals surface area contributed by atoms with Crippen molar-refractivity contribution in [2.75, 3.05) is 5.32 Å². The van der Waals surface area contributed by atoms with Crippen molar-refractivity contribution in [1.29, 1.82) is 0 Å². The summed E-state index contributed by atoms with van der Waals surface area (Å²) in [4.78, 5) is 17.6. The predicted octanol–water partition coefficient (Wildman–Crippen LogP) is 5.46. The summed E-state index contributed by atoms with van der Waals surface area (Å²) >= 11 is 6.17. The van der Waals surface area contributed by atoms with Gasteiger partial charge in [-0.05, 0) is 51.0 Å². The second-order valence-corrected chi connectivity index (χ2v) is 7.87. The fraction of sp³-hybridized carbons (Fsp3) is 0.208. The Morgan fingerprint density at radius 3 is 2.47 bits per heavy atom. The van der Waals surface area contributed by atoms with Gasteiger partial charge in [0.05, 0.1) is 12.1 Å². The van der Waals surface area contributed by atoms with Gasteiger partial charge in [-0.1, -0.05) is 48.0 Å². The van der Waals surface area contributed by atoms with Crippen LogP contribution in [0.5, 0.6) is 0 Å². The molecule has 152 valence electrons. The summed E-state index contributed by atoms with van der Waals surface area (Å²) in [6, 6.07) is 15.6. The monoisotopic (exact) mass is 418 g/mol. The van der Waals surface area contributed by atoms with Crippen LogP contribution >= 0.6 is 11.6 Å². The molecule has 0 aliphatic heterocycles. The SMILES string of the molecule is Cc1nc2c(-c3ccccc3)c(C)nn2c(C)c1CC(=O)Nc1cccc(Cl)c1C. The molecule has 4 rings (SSSR count). The van der Waals surface area contributed by atoms with Crippen LogP contribution in [0.2, 0.25) is 5.02 Å². The molecule has 0 aliphatic carbocycles. The Hall–Kier alpha value is -3.18. The molecule has 0 radical (unpaired) electrons. The Bertz CT molecular complexity index is 1260. The number of aromatic nitrogens is 3. The maximum atomic E-state index is 12.8. The van der Waals surface area contributed by atoms with E-state index < -0.39 is 0 Å². The molecule has 2 aromatic carbocycles. The van der Waals surface area contributed by atoms with Gasteiger partial charge in [-0.15, -0.1) is 0 Å². The lowest BCUT2D eigenvalue weighted by atomic mass is 10.1. The van der Waals surface area contributed by atoms with E-state index in [0.29, 0.717) is 5.02 Å². The fourth-order valence-corrected chi connectivity index (χ4v) is 3.94. The standard InChI is InChI=1S/C24H23ClN4O/c1-14-20(25)11-8-12-21(14)27-22(30)13-19-15(2)26-24-23(18-9-6-5-7-10-18)16(3)28-29(24)17(19)4/h5-12H,13H2,1-4H3,(H,27,30). The number of anilines is 1. The van der Waals surface area contributed by atoms with E-state index in [2.05, 4.69) is 17.4 Å². The number of rotatable bonds is 4. The van der Waals surface area contributed by atoms with E-state index in [1.165, 1.54) is 0 Å². The smallest absolute Gasteiger partial charge is 0.228 e. The first-order valence-electron chi connectivity index (χ1n) is 9.82. The van der Waals surface area contributed by atoms with Crippen molar-refractivity contribution in [3.63, 3.8) is 0 Å². The quantitative estimate of drug-likeness (QED) is 0.478. The van der Waals surface area contributed by atoms with Crippen molar-refractivity contribution in [1.82, 2.24) is 14.6 Å². The van der Waals surface area contributed by atoms with E-state index in [0.717, 1.165) is 50.7 Å². The van der Waals surface area contributed by atoms with Crippen LogP contribution in [0.1, 0.15) is 28.2 Å². The van der Waals surface area contributed by atoms with Crippen molar-refractivity contribution in [2.45, 2.75) is 34.1 Å². The molecule has 0 fully saturated rings. The third-order valence-electron chi connectivity index (χ3n) is 5.44. The summed E-state index contributed by atoms with van der Waals surface area (Å²) in [6.07, 6.45) is 0.214. The van der Waals surface area contributed by atoms with E-state index >= 15 is 0 Å². The van der Waals surface area contributed by atoms with Crippen LogP contribution in [0.4, 0.5) is 5.69 Å². The van der Waals surface area contributed by atoms with Gasteiger partial charge in [0.15, 0.2) is 5.65 Å². The van der Waals surface area contributed by atoms with Crippen molar-refractivity contribution < 1.29 is 4.79 Å². The zero-order chi connectivity index (χ0) is 21.4. The summed E-state index contributed by atoms with van der Waals surface area (Å²) < 4.78 is 1.85. The number of nitrogens with one attached hydrogen (secondary N) is 1. The van der Waals surface area contributed by atoms with Crippen molar-refractivity contribution in [3.8, 4) is 11.1 Å². The lowest BCUT2D eigenvalue weighted by Crippen LogP contribution is -2.18. The van der Waals surface area contributed by atoms with Crippen LogP contribution in [-0.4, -0.2) is 20.5 Å². The second-order valence-electron chi connectivity index (χ2n) is 7.46. The number of hydrogen-bond acceptors (Lipinski definition) is 3. The van der Waals surface area contributed by atoms with Gasteiger partial charge in [0.2, 0.25) is 5.91 Å². The third-order valence-corrected chi connectivity index (χ3v) is 5.85. The molecule has 0 bridgehead atoms. The van der Waals surface area contributed by atoms with Crippen LogP contribution in [0.15, 0.2) is 48.5 Å². The van der Waals surface area contributed by atoms with E-state index in [4.69, 9.17) is 21.7 Å². The van der Waals surface area contributed by atoms with E-state index in [1.54, 1.807) is 0 Å². The molecule has 4 aromatic rings. The summed E-state index contributed by atoms with van der Waals surface area (Å²) in [5.41, 5.74) is 8.02. The van der Waals surface area contributed by atoms with Crippen molar-refractivity contribution in [3.05, 3.63) is 81.8 Å². The molecule has 0 saturated carbocycles. The lowest BCUT2D eigenvalue weighted by molar-refractivity contribution is -0.115. The maximum Gasteiger partial charge on any atom is 0.228 e. The van der Waals surface area contributed by atoms with Gasteiger partial charge in [0, 0.05) is 33.2 Å². The summed E-state index contributed by atoms with van der Waals surface area (Å²) in [5, 5.41) is 8.30. The topological polar surface area (TPSA) is 59.3 Å². The Balaban J connectivity index is 1.70.